The van der Waals surface area contributed by atoms with Crippen molar-refractivity contribution < 1.29 is 9.59 Å². The van der Waals surface area contributed by atoms with Crippen LogP contribution < -0.4 is 16.0 Å². The van der Waals surface area contributed by atoms with E-state index in [1.807, 2.05) is 34.7 Å². The fourth-order valence-electron chi connectivity index (χ4n) is 1.84. The van der Waals surface area contributed by atoms with E-state index >= 15 is 0 Å². The highest BCUT2D eigenvalue weighted by molar-refractivity contribution is 5.96. The van der Waals surface area contributed by atoms with Gasteiger partial charge in [0.2, 0.25) is 5.91 Å². The van der Waals surface area contributed by atoms with Gasteiger partial charge in [0.1, 0.15) is 0 Å². The van der Waals surface area contributed by atoms with Gasteiger partial charge in [0.05, 0.1) is 0 Å². The SMILES string of the molecule is CCC(C)(C)NC(=O)c1ccc(NC(=O)C(C)CNC)cc1.Cl. The molecule has 0 aliphatic carbocycles. The van der Waals surface area contributed by atoms with Crippen molar-refractivity contribution in [2.75, 3.05) is 18.9 Å². The van der Waals surface area contributed by atoms with Crippen LogP contribution in [0.1, 0.15) is 44.5 Å². The molecule has 0 saturated heterocycles. The number of halogens is 1. The van der Waals surface area contributed by atoms with Crippen molar-refractivity contribution in [2.45, 2.75) is 39.7 Å². The van der Waals surface area contributed by atoms with Crippen molar-refractivity contribution in [3.8, 4) is 0 Å². The van der Waals surface area contributed by atoms with E-state index in [-0.39, 0.29) is 35.7 Å². The molecule has 0 bridgehead atoms. The summed E-state index contributed by atoms with van der Waals surface area (Å²) in [7, 11) is 1.81. The molecule has 1 rings (SSSR count). The Labute approximate surface area is 145 Å². The smallest absolute Gasteiger partial charge is 0.251 e. The zero-order chi connectivity index (χ0) is 16.8. The van der Waals surface area contributed by atoms with Gasteiger partial charge < -0.3 is 16.0 Å². The van der Waals surface area contributed by atoms with Crippen molar-refractivity contribution in [3.63, 3.8) is 0 Å². The van der Waals surface area contributed by atoms with Gasteiger partial charge in [-0.15, -0.1) is 12.4 Å². The number of anilines is 1. The van der Waals surface area contributed by atoms with Crippen molar-refractivity contribution in [2.24, 2.45) is 5.92 Å². The molecule has 1 aromatic carbocycles. The van der Waals surface area contributed by atoms with E-state index in [2.05, 4.69) is 16.0 Å². The lowest BCUT2D eigenvalue weighted by Gasteiger charge is -2.24. The molecule has 0 aliphatic rings. The maximum atomic E-state index is 12.1. The van der Waals surface area contributed by atoms with Crippen LogP contribution in [0.25, 0.3) is 0 Å². The summed E-state index contributed by atoms with van der Waals surface area (Å²) in [5, 5.41) is 8.80. The molecule has 1 aromatic rings. The van der Waals surface area contributed by atoms with Gasteiger partial charge in [-0.05, 0) is 51.6 Å². The average Bonchev–Trinajstić information content (AvgIpc) is 2.47. The molecule has 23 heavy (non-hydrogen) atoms. The second kappa shape index (κ2) is 9.53. The van der Waals surface area contributed by atoms with Crippen molar-refractivity contribution in [1.29, 1.82) is 0 Å². The number of amides is 2. The quantitative estimate of drug-likeness (QED) is 0.714. The van der Waals surface area contributed by atoms with Crippen LogP contribution in [0.4, 0.5) is 5.69 Å². The maximum absolute atomic E-state index is 12.1. The molecule has 6 heteroatoms. The third-order valence-corrected chi connectivity index (χ3v) is 3.71. The Morgan fingerprint density at radius 1 is 1.17 bits per heavy atom. The summed E-state index contributed by atoms with van der Waals surface area (Å²) < 4.78 is 0. The van der Waals surface area contributed by atoms with Gasteiger partial charge in [0, 0.05) is 29.3 Å². The van der Waals surface area contributed by atoms with Gasteiger partial charge in [0.25, 0.3) is 5.91 Å². The van der Waals surface area contributed by atoms with E-state index in [9.17, 15) is 9.59 Å². The van der Waals surface area contributed by atoms with E-state index in [4.69, 9.17) is 0 Å². The third-order valence-electron chi connectivity index (χ3n) is 3.71. The number of rotatable bonds is 7. The van der Waals surface area contributed by atoms with Gasteiger partial charge in [-0.2, -0.15) is 0 Å². The van der Waals surface area contributed by atoms with Crippen LogP contribution >= 0.6 is 12.4 Å². The first-order chi connectivity index (χ1) is 10.3. The highest BCUT2D eigenvalue weighted by atomic mass is 35.5. The second-order valence-corrected chi connectivity index (χ2v) is 6.22. The van der Waals surface area contributed by atoms with Crippen molar-refractivity contribution >= 4 is 29.9 Å². The zero-order valence-electron chi connectivity index (χ0n) is 14.5. The van der Waals surface area contributed by atoms with Gasteiger partial charge in [-0.25, -0.2) is 0 Å². The highest BCUT2D eigenvalue weighted by Gasteiger charge is 2.19. The first-order valence-electron chi connectivity index (χ1n) is 7.67. The van der Waals surface area contributed by atoms with Gasteiger partial charge in [-0.3, -0.25) is 9.59 Å². The second-order valence-electron chi connectivity index (χ2n) is 6.22. The minimum absolute atomic E-state index is 0. The number of hydrogen-bond donors (Lipinski definition) is 3. The van der Waals surface area contributed by atoms with Crippen LogP contribution in [0, 0.1) is 5.92 Å². The molecular formula is C17H28ClN3O2. The fraction of sp³-hybridized carbons (Fsp3) is 0.529. The minimum atomic E-state index is -0.230. The van der Waals surface area contributed by atoms with Crippen molar-refractivity contribution in [3.05, 3.63) is 29.8 Å². The number of hydrogen-bond acceptors (Lipinski definition) is 3. The Kier molecular flexibility index (Phi) is 8.87. The van der Waals surface area contributed by atoms with E-state index in [1.165, 1.54) is 0 Å². The summed E-state index contributed by atoms with van der Waals surface area (Å²) in [5.41, 5.74) is 1.05. The topological polar surface area (TPSA) is 70.2 Å². The van der Waals surface area contributed by atoms with Crippen LogP contribution in [0.3, 0.4) is 0 Å². The summed E-state index contributed by atoms with van der Waals surface area (Å²) >= 11 is 0. The summed E-state index contributed by atoms with van der Waals surface area (Å²) in [5.74, 6) is -0.259. The molecule has 0 spiro atoms. The lowest BCUT2D eigenvalue weighted by molar-refractivity contribution is -0.119. The monoisotopic (exact) mass is 341 g/mol. The van der Waals surface area contributed by atoms with Gasteiger partial charge in [0.15, 0.2) is 0 Å². The summed E-state index contributed by atoms with van der Waals surface area (Å²) in [6.45, 7) is 8.50. The molecule has 0 heterocycles. The zero-order valence-corrected chi connectivity index (χ0v) is 15.3. The molecule has 1 unspecified atom stereocenters. The Morgan fingerprint density at radius 3 is 2.22 bits per heavy atom. The summed E-state index contributed by atoms with van der Waals surface area (Å²) in [6, 6.07) is 6.94. The third kappa shape index (κ3) is 7.01. The minimum Gasteiger partial charge on any atom is -0.347 e. The molecule has 130 valence electrons. The molecule has 0 saturated carbocycles. The van der Waals surface area contributed by atoms with Crippen LogP contribution in [0.2, 0.25) is 0 Å². The first kappa shape index (κ1) is 21.4. The van der Waals surface area contributed by atoms with Crippen LogP contribution in [0.5, 0.6) is 0 Å². The molecule has 0 fully saturated rings. The van der Waals surface area contributed by atoms with Gasteiger partial charge in [-0.1, -0.05) is 13.8 Å². The standard InChI is InChI=1S/C17H27N3O2.ClH/c1-6-17(3,4)20-16(22)13-7-9-14(10-8-13)19-15(21)12(2)11-18-5;/h7-10,12,18H,6,11H2,1-5H3,(H,19,21)(H,20,22);1H. The molecule has 5 nitrogen and oxygen atoms in total. The number of benzene rings is 1. The fourth-order valence-corrected chi connectivity index (χ4v) is 1.84. The molecule has 1 atom stereocenters. The highest BCUT2D eigenvalue weighted by Crippen LogP contribution is 2.13. The Hall–Kier alpha value is -1.59. The number of carbonyl (C=O) groups is 2. The Morgan fingerprint density at radius 2 is 1.74 bits per heavy atom. The number of carbonyl (C=O) groups excluding carboxylic acids is 2. The summed E-state index contributed by atoms with van der Waals surface area (Å²) in [4.78, 5) is 24.1. The lowest BCUT2D eigenvalue weighted by atomic mass is 10.0. The average molecular weight is 342 g/mol. The predicted molar refractivity (Wildman–Crippen MR) is 97.2 cm³/mol. The lowest BCUT2D eigenvalue weighted by Crippen LogP contribution is -2.42. The van der Waals surface area contributed by atoms with E-state index in [0.29, 0.717) is 17.8 Å². The van der Waals surface area contributed by atoms with Crippen molar-refractivity contribution in [1.82, 2.24) is 10.6 Å². The normalized spacial score (nSPS) is 12.0. The molecule has 3 N–H and O–H groups in total. The van der Waals surface area contributed by atoms with E-state index < -0.39 is 0 Å². The van der Waals surface area contributed by atoms with Gasteiger partial charge >= 0.3 is 0 Å². The van der Waals surface area contributed by atoms with Crippen LogP contribution in [0.15, 0.2) is 24.3 Å². The Bertz CT molecular complexity index is 515. The van der Waals surface area contributed by atoms with E-state index in [1.54, 1.807) is 24.3 Å². The van der Waals surface area contributed by atoms with Crippen LogP contribution in [-0.4, -0.2) is 30.9 Å². The van der Waals surface area contributed by atoms with E-state index in [0.717, 1.165) is 6.42 Å². The van der Waals surface area contributed by atoms with Crippen LogP contribution in [-0.2, 0) is 4.79 Å². The maximum Gasteiger partial charge on any atom is 0.251 e. The largest absolute Gasteiger partial charge is 0.347 e. The molecule has 0 aromatic heterocycles. The number of nitrogens with one attached hydrogen (secondary N) is 3. The molecule has 2 amide bonds. The molecular weight excluding hydrogens is 314 g/mol. The molecule has 0 radical (unpaired) electrons. The summed E-state index contributed by atoms with van der Waals surface area (Å²) in [6.07, 6.45) is 0.857. The predicted octanol–water partition coefficient (Wildman–Crippen LogP) is 2.82. The molecule has 0 aliphatic heterocycles. The first-order valence-corrected chi connectivity index (χ1v) is 7.67. The Balaban J connectivity index is 0.00000484.